The van der Waals surface area contributed by atoms with Crippen molar-refractivity contribution in [3.05, 3.63) is 139 Å². The highest BCUT2D eigenvalue weighted by atomic mass is 16.3. The SMILES string of the molecule is Bc1c(B)c(B)c(-c2nc(-c3cccc(-n4c5ccccc5c5cc6c(cc54)C(C)(C)c4ccccc4-6)c3)nc(-c3ccc4c(c3)oc3ccccc34)n2)c(B)c1B. The first-order valence-electron chi connectivity index (χ1n) is 20.1. The fourth-order valence-electron chi connectivity index (χ4n) is 9.67. The fourth-order valence-corrected chi connectivity index (χ4v) is 9.67. The lowest BCUT2D eigenvalue weighted by Crippen LogP contribution is -2.55. The number of nitrogens with zero attached hydrogens (tertiary/aromatic N) is 4. The molecule has 11 rings (SSSR count). The molecular formula is C48H37B5N4O. The topological polar surface area (TPSA) is 56.7 Å². The van der Waals surface area contributed by atoms with Crippen LogP contribution < -0.4 is 27.3 Å². The van der Waals surface area contributed by atoms with E-state index in [1.54, 1.807) is 0 Å². The molecule has 5 nitrogen and oxygen atoms in total. The summed E-state index contributed by atoms with van der Waals surface area (Å²) in [5.74, 6) is 1.90. The van der Waals surface area contributed by atoms with Gasteiger partial charge in [0.05, 0.1) is 11.0 Å². The minimum Gasteiger partial charge on any atom is -0.456 e. The predicted molar refractivity (Wildman–Crippen MR) is 256 cm³/mol. The first-order valence-corrected chi connectivity index (χ1v) is 20.1. The molecule has 3 aromatic heterocycles. The summed E-state index contributed by atoms with van der Waals surface area (Å²) >= 11 is 0. The lowest BCUT2D eigenvalue weighted by molar-refractivity contribution is 0.661. The van der Waals surface area contributed by atoms with Gasteiger partial charge in [-0.25, -0.2) is 15.0 Å². The zero-order chi connectivity index (χ0) is 39.6. The van der Waals surface area contributed by atoms with E-state index >= 15 is 0 Å². The van der Waals surface area contributed by atoms with Crippen LogP contribution in [0.3, 0.4) is 0 Å². The van der Waals surface area contributed by atoms with Gasteiger partial charge in [-0.3, -0.25) is 0 Å². The second kappa shape index (κ2) is 12.5. The van der Waals surface area contributed by atoms with E-state index in [1.807, 2.05) is 18.2 Å². The van der Waals surface area contributed by atoms with E-state index in [9.17, 15) is 0 Å². The summed E-state index contributed by atoms with van der Waals surface area (Å²) in [6, 6.07) is 45.6. The molecule has 0 N–H and O–H groups in total. The van der Waals surface area contributed by atoms with Crippen molar-refractivity contribution in [1.82, 2.24) is 19.5 Å². The van der Waals surface area contributed by atoms with Crippen molar-refractivity contribution in [3.63, 3.8) is 0 Å². The summed E-state index contributed by atoms with van der Waals surface area (Å²) < 4.78 is 8.75. The summed E-state index contributed by atoms with van der Waals surface area (Å²) in [5, 5.41) is 4.64. The van der Waals surface area contributed by atoms with Gasteiger partial charge in [-0.2, -0.15) is 0 Å². The number of fused-ring (bicyclic) bond motifs is 9. The molecule has 0 spiro atoms. The third-order valence-electron chi connectivity index (χ3n) is 13.2. The van der Waals surface area contributed by atoms with Gasteiger partial charge >= 0.3 is 0 Å². The quantitative estimate of drug-likeness (QED) is 0.260. The summed E-state index contributed by atoms with van der Waals surface area (Å²) in [7, 11) is 11.0. The Hall–Kier alpha value is -6.53. The molecule has 0 unspecified atom stereocenters. The Bertz CT molecular complexity index is 3370. The normalized spacial score (nSPS) is 13.1. The zero-order valence-corrected chi connectivity index (χ0v) is 33.8. The van der Waals surface area contributed by atoms with E-state index in [-0.39, 0.29) is 5.41 Å². The number of benzene rings is 7. The average Bonchev–Trinajstić information content (AvgIpc) is 3.86. The van der Waals surface area contributed by atoms with Gasteiger partial charge in [-0.15, -0.1) is 16.4 Å². The Morgan fingerprint density at radius 1 is 0.466 bits per heavy atom. The minimum atomic E-state index is -0.116. The molecule has 0 fully saturated rings. The maximum Gasteiger partial charge on any atom is 0.164 e. The van der Waals surface area contributed by atoms with E-state index in [1.165, 1.54) is 65.9 Å². The van der Waals surface area contributed by atoms with Crippen molar-refractivity contribution in [3.8, 4) is 51.0 Å². The van der Waals surface area contributed by atoms with Gasteiger partial charge in [0, 0.05) is 49.3 Å². The standard InChI is InChI=1S/C48H37B5N4O/c1-48(2)33-15-6-3-12-27(33)31-22-32-28-13-4-7-16-35(28)57(36(32)23-34(31)48)26-11-9-10-24(20-26)45-54-46(25-18-19-30-29-14-5-8-17-37(29)58-38(30)21-25)56-47(55-45)39-40(49)42(51)44(53)43(52)41(39)50/h3-23H,49-53H2,1-2H3. The van der Waals surface area contributed by atoms with E-state index < -0.39 is 0 Å². The number of hydrogen-bond donors (Lipinski definition) is 0. The van der Waals surface area contributed by atoms with Gasteiger partial charge in [0.15, 0.2) is 17.5 Å². The van der Waals surface area contributed by atoms with Crippen molar-refractivity contribution in [1.29, 1.82) is 0 Å². The van der Waals surface area contributed by atoms with E-state index in [0.717, 1.165) is 49.8 Å². The van der Waals surface area contributed by atoms with Crippen molar-refractivity contribution in [2.45, 2.75) is 19.3 Å². The molecule has 0 aliphatic heterocycles. The van der Waals surface area contributed by atoms with Gasteiger partial charge in [0.25, 0.3) is 0 Å². The van der Waals surface area contributed by atoms with E-state index in [2.05, 4.69) is 167 Å². The Balaban J connectivity index is 1.13. The molecule has 0 radical (unpaired) electrons. The Kier molecular flexibility index (Phi) is 7.47. The second-order valence-corrected chi connectivity index (χ2v) is 16.6. The highest BCUT2D eigenvalue weighted by molar-refractivity contribution is 6.68. The largest absolute Gasteiger partial charge is 0.456 e. The number of rotatable bonds is 4. The summed E-state index contributed by atoms with van der Waals surface area (Å²) in [4.78, 5) is 15.8. The first kappa shape index (κ1) is 34.7. The summed E-state index contributed by atoms with van der Waals surface area (Å²) in [6.07, 6.45) is 0. The highest BCUT2D eigenvalue weighted by Gasteiger charge is 2.36. The van der Waals surface area contributed by atoms with Gasteiger partial charge in [-0.05, 0) is 70.8 Å². The average molecular weight is 740 g/mol. The van der Waals surface area contributed by atoms with Crippen LogP contribution in [0.15, 0.2) is 132 Å². The molecule has 58 heavy (non-hydrogen) atoms. The molecule has 0 saturated carbocycles. The second-order valence-electron chi connectivity index (χ2n) is 16.6. The molecule has 0 amide bonds. The molecule has 0 atom stereocenters. The van der Waals surface area contributed by atoms with Crippen LogP contribution in [0.4, 0.5) is 0 Å². The Morgan fingerprint density at radius 3 is 1.90 bits per heavy atom. The molecular weight excluding hydrogens is 703 g/mol. The monoisotopic (exact) mass is 740 g/mol. The summed E-state index contributed by atoms with van der Waals surface area (Å²) in [5.41, 5.74) is 19.4. The molecule has 0 bridgehead atoms. The van der Waals surface area contributed by atoms with Crippen molar-refractivity contribution in [2.75, 3.05) is 0 Å². The van der Waals surface area contributed by atoms with Crippen LogP contribution in [-0.2, 0) is 5.41 Å². The van der Waals surface area contributed by atoms with Crippen molar-refractivity contribution < 1.29 is 4.42 Å². The molecule has 1 aliphatic rings. The van der Waals surface area contributed by atoms with Crippen LogP contribution in [-0.4, -0.2) is 58.8 Å². The molecule has 10 aromatic rings. The smallest absolute Gasteiger partial charge is 0.164 e. The maximum absolute atomic E-state index is 6.34. The van der Waals surface area contributed by atoms with Crippen molar-refractivity contribution >= 4 is 110 Å². The minimum absolute atomic E-state index is 0.116. The number of aromatic nitrogens is 4. The van der Waals surface area contributed by atoms with Gasteiger partial charge in [-0.1, -0.05) is 104 Å². The Labute approximate surface area is 341 Å². The third-order valence-corrected chi connectivity index (χ3v) is 13.2. The predicted octanol–water partition coefficient (Wildman–Crippen LogP) is 3.47. The van der Waals surface area contributed by atoms with E-state index in [0.29, 0.717) is 17.5 Å². The molecule has 0 saturated heterocycles. The van der Waals surface area contributed by atoms with Crippen LogP contribution >= 0.6 is 0 Å². The number of hydrogen-bond acceptors (Lipinski definition) is 4. The molecule has 270 valence electrons. The zero-order valence-electron chi connectivity index (χ0n) is 33.8. The van der Waals surface area contributed by atoms with Crippen LogP contribution in [0, 0.1) is 0 Å². The molecule has 10 heteroatoms. The number of para-hydroxylation sites is 2. The van der Waals surface area contributed by atoms with Crippen molar-refractivity contribution in [2.24, 2.45) is 0 Å². The van der Waals surface area contributed by atoms with Crippen LogP contribution in [0.25, 0.3) is 94.7 Å². The van der Waals surface area contributed by atoms with E-state index in [4.69, 9.17) is 19.4 Å². The fraction of sp³-hybridized carbons (Fsp3) is 0.0625. The van der Waals surface area contributed by atoms with Crippen LogP contribution in [0.5, 0.6) is 0 Å². The van der Waals surface area contributed by atoms with Gasteiger partial charge < -0.3 is 8.98 Å². The lowest BCUT2D eigenvalue weighted by Gasteiger charge is -2.21. The highest BCUT2D eigenvalue weighted by Crippen LogP contribution is 2.51. The maximum atomic E-state index is 6.34. The molecule has 1 aliphatic carbocycles. The Morgan fingerprint density at radius 2 is 1.10 bits per heavy atom. The third kappa shape index (κ3) is 4.94. The van der Waals surface area contributed by atoms with Gasteiger partial charge in [0.1, 0.15) is 50.4 Å². The lowest BCUT2D eigenvalue weighted by atomic mass is 9.60. The molecule has 7 aromatic carbocycles. The number of furan rings is 1. The summed E-state index contributed by atoms with van der Waals surface area (Å²) in [6.45, 7) is 4.69. The molecule has 3 heterocycles. The van der Waals surface area contributed by atoms with Crippen LogP contribution in [0.1, 0.15) is 25.0 Å². The van der Waals surface area contributed by atoms with Gasteiger partial charge in [0.2, 0.25) is 0 Å². The first-order chi connectivity index (χ1) is 28.1. The van der Waals surface area contributed by atoms with Crippen LogP contribution in [0.2, 0.25) is 0 Å².